The van der Waals surface area contributed by atoms with Crippen LogP contribution in [-0.2, 0) is 34.1 Å². The first kappa shape index (κ1) is 34.4. The van der Waals surface area contributed by atoms with E-state index in [9.17, 15) is 23.4 Å². The number of likely N-dealkylation sites (N-methyl/N-ethyl adjacent to an activating group) is 1. The highest BCUT2D eigenvalue weighted by atomic mass is 32.2. The fraction of sp³-hybridized carbons (Fsp3) is 0.441. The number of aliphatic hydroxyl groups excluding tert-OH is 1. The third-order valence-electron chi connectivity index (χ3n) is 8.38. The van der Waals surface area contributed by atoms with Crippen LogP contribution in [0.1, 0.15) is 43.4 Å². The summed E-state index contributed by atoms with van der Waals surface area (Å²) in [6.07, 6.45) is 1.88. The van der Waals surface area contributed by atoms with Crippen LogP contribution in [0.25, 0.3) is 11.1 Å². The van der Waals surface area contributed by atoms with Gasteiger partial charge in [0.15, 0.2) is 11.5 Å². The molecule has 0 spiro atoms. The first-order valence-corrected chi connectivity index (χ1v) is 16.4. The molecular formula is C34H43FN2O7S. The molecule has 0 bridgehead atoms. The quantitative estimate of drug-likeness (QED) is 0.218. The van der Waals surface area contributed by atoms with Gasteiger partial charge in [-0.2, -0.15) is 4.31 Å². The molecule has 3 aromatic carbocycles. The average Bonchev–Trinajstić information content (AvgIpc) is 3.40. The maximum atomic E-state index is 15.6. The first-order valence-electron chi connectivity index (χ1n) is 15.0. The van der Waals surface area contributed by atoms with Crippen molar-refractivity contribution in [1.29, 1.82) is 0 Å². The number of β-amino-alcohol motifs (C(OH)–C–C–N with tert-alkyl or cyclic N) is 1. The largest absolute Gasteiger partial charge is 0.493 e. The van der Waals surface area contributed by atoms with Gasteiger partial charge in [-0.25, -0.2) is 12.8 Å². The molecule has 0 fully saturated rings. The zero-order valence-corrected chi connectivity index (χ0v) is 27.3. The van der Waals surface area contributed by atoms with E-state index in [-0.39, 0.29) is 41.9 Å². The van der Waals surface area contributed by atoms with Gasteiger partial charge < -0.3 is 25.0 Å². The molecule has 4 rings (SSSR count). The van der Waals surface area contributed by atoms with E-state index in [0.717, 1.165) is 29.6 Å². The highest BCUT2D eigenvalue weighted by molar-refractivity contribution is 7.89. The van der Waals surface area contributed by atoms with Crippen molar-refractivity contribution >= 4 is 16.0 Å². The number of sulfonamides is 1. The van der Waals surface area contributed by atoms with Gasteiger partial charge in [-0.3, -0.25) is 4.79 Å². The summed E-state index contributed by atoms with van der Waals surface area (Å²) in [5.41, 5.74) is 3.48. The van der Waals surface area contributed by atoms with E-state index in [0.29, 0.717) is 28.5 Å². The van der Waals surface area contributed by atoms with Crippen LogP contribution >= 0.6 is 0 Å². The van der Waals surface area contributed by atoms with E-state index in [1.807, 2.05) is 0 Å². The van der Waals surface area contributed by atoms with Crippen LogP contribution in [0, 0.1) is 11.7 Å². The lowest BCUT2D eigenvalue weighted by Crippen LogP contribution is -2.47. The molecule has 0 amide bonds. The summed E-state index contributed by atoms with van der Waals surface area (Å²) in [6.45, 7) is 4.18. The van der Waals surface area contributed by atoms with E-state index >= 15 is 4.39 Å². The Kier molecular flexibility index (Phi) is 10.9. The topological polar surface area (TPSA) is 125 Å². The molecule has 3 aromatic rings. The molecule has 0 heterocycles. The fourth-order valence-electron chi connectivity index (χ4n) is 6.12. The molecule has 0 aromatic heterocycles. The number of ether oxygens (including phenoxy) is 2. The minimum atomic E-state index is -4.13. The highest BCUT2D eigenvalue weighted by Crippen LogP contribution is 2.38. The SMILES string of the molecule is COc1cc(CCC(=O)O)c(-c2ccc(S(=O)(=O)N(C)CC(O)CNC(C)(C)CC3Cc4ccccc4C3)cc2F)cc1OC. The minimum Gasteiger partial charge on any atom is -0.493 e. The lowest BCUT2D eigenvalue weighted by Gasteiger charge is -2.31. The van der Waals surface area contributed by atoms with Gasteiger partial charge in [0.05, 0.1) is 25.2 Å². The number of benzene rings is 3. The zero-order chi connectivity index (χ0) is 32.9. The van der Waals surface area contributed by atoms with Crippen LogP contribution in [-0.4, -0.2) is 74.9 Å². The first-order chi connectivity index (χ1) is 21.2. The second kappa shape index (κ2) is 14.3. The Bertz CT molecular complexity index is 1600. The summed E-state index contributed by atoms with van der Waals surface area (Å²) in [7, 11) is 0.0943. The molecule has 45 heavy (non-hydrogen) atoms. The van der Waals surface area contributed by atoms with Crippen molar-refractivity contribution in [3.8, 4) is 22.6 Å². The number of fused-ring (bicyclic) bond motifs is 1. The van der Waals surface area contributed by atoms with Crippen molar-refractivity contribution in [3.05, 3.63) is 77.1 Å². The van der Waals surface area contributed by atoms with Gasteiger partial charge >= 0.3 is 5.97 Å². The number of halogens is 1. The summed E-state index contributed by atoms with van der Waals surface area (Å²) in [6, 6.07) is 15.2. The maximum Gasteiger partial charge on any atom is 0.303 e. The van der Waals surface area contributed by atoms with Gasteiger partial charge in [0, 0.05) is 37.7 Å². The van der Waals surface area contributed by atoms with Gasteiger partial charge in [-0.05, 0) is 92.0 Å². The summed E-state index contributed by atoms with van der Waals surface area (Å²) < 4.78 is 54.0. The Hall–Kier alpha value is -3.51. The number of hydrogen-bond acceptors (Lipinski definition) is 7. The number of hydrogen-bond donors (Lipinski definition) is 3. The zero-order valence-electron chi connectivity index (χ0n) is 26.5. The fourth-order valence-corrected chi connectivity index (χ4v) is 7.34. The van der Waals surface area contributed by atoms with E-state index in [1.54, 1.807) is 12.1 Å². The van der Waals surface area contributed by atoms with E-state index in [1.165, 1.54) is 44.5 Å². The Balaban J connectivity index is 1.42. The Labute approximate surface area is 265 Å². The van der Waals surface area contributed by atoms with Crippen LogP contribution in [0.5, 0.6) is 11.5 Å². The standard InChI is InChI=1S/C34H43FN2O7S/c1-34(2,19-22-14-23-8-6-7-9-24(23)15-22)36-20-26(38)21-37(3)45(41,42)27-11-12-28(30(35)17-27)29-18-32(44-5)31(43-4)16-25(29)10-13-33(39)40/h6-9,11-12,16-18,22,26,36,38H,10,13-15,19-21H2,1-5H3,(H,39,40). The monoisotopic (exact) mass is 642 g/mol. The van der Waals surface area contributed by atoms with E-state index in [4.69, 9.17) is 9.47 Å². The Morgan fingerprint density at radius 1 is 1.04 bits per heavy atom. The molecule has 9 nitrogen and oxygen atoms in total. The van der Waals surface area contributed by atoms with Crippen LogP contribution in [0.15, 0.2) is 59.5 Å². The normalized spacial score (nSPS) is 14.4. The van der Waals surface area contributed by atoms with Gasteiger partial charge in [-0.1, -0.05) is 30.3 Å². The predicted octanol–water partition coefficient (Wildman–Crippen LogP) is 4.68. The summed E-state index contributed by atoms with van der Waals surface area (Å²) in [5, 5.41) is 23.3. The van der Waals surface area contributed by atoms with Crippen LogP contribution in [0.2, 0.25) is 0 Å². The lowest BCUT2D eigenvalue weighted by atomic mass is 9.88. The van der Waals surface area contributed by atoms with Crippen molar-refractivity contribution in [2.45, 2.75) is 62.5 Å². The molecule has 1 aliphatic rings. The number of carboxylic acid groups (broad SMARTS) is 1. The van der Waals surface area contributed by atoms with Gasteiger partial charge in [-0.15, -0.1) is 0 Å². The van der Waals surface area contributed by atoms with E-state index < -0.39 is 27.9 Å². The third kappa shape index (κ3) is 8.40. The number of rotatable bonds is 15. The number of nitrogens with zero attached hydrogens (tertiary/aromatic N) is 1. The molecule has 0 saturated carbocycles. The third-order valence-corrected chi connectivity index (χ3v) is 10.2. The van der Waals surface area contributed by atoms with Crippen molar-refractivity contribution in [1.82, 2.24) is 9.62 Å². The lowest BCUT2D eigenvalue weighted by molar-refractivity contribution is -0.136. The molecule has 3 N–H and O–H groups in total. The number of nitrogens with one attached hydrogen (secondary N) is 1. The van der Waals surface area contributed by atoms with Crippen LogP contribution in [0.4, 0.5) is 4.39 Å². The number of aliphatic hydroxyl groups is 1. The van der Waals surface area contributed by atoms with Gasteiger partial charge in [0.1, 0.15) is 5.82 Å². The number of aliphatic carboxylic acids is 1. The summed E-state index contributed by atoms with van der Waals surface area (Å²) in [5.74, 6) is -0.632. The number of methoxy groups -OCH3 is 2. The van der Waals surface area contributed by atoms with Crippen molar-refractivity contribution in [2.24, 2.45) is 5.92 Å². The second-order valence-electron chi connectivity index (χ2n) is 12.4. The number of carboxylic acids is 1. The summed E-state index contributed by atoms with van der Waals surface area (Å²) >= 11 is 0. The molecule has 1 unspecified atom stereocenters. The molecule has 1 atom stereocenters. The number of carbonyl (C=O) groups is 1. The molecule has 0 radical (unpaired) electrons. The Morgan fingerprint density at radius 2 is 1.67 bits per heavy atom. The molecule has 0 aliphatic heterocycles. The molecule has 1 aliphatic carbocycles. The number of aryl methyl sites for hydroxylation is 1. The second-order valence-corrected chi connectivity index (χ2v) is 14.4. The summed E-state index contributed by atoms with van der Waals surface area (Å²) in [4.78, 5) is 11.0. The maximum absolute atomic E-state index is 15.6. The molecule has 11 heteroatoms. The molecule has 0 saturated heterocycles. The molecular weight excluding hydrogens is 599 g/mol. The van der Waals surface area contributed by atoms with Crippen molar-refractivity contribution in [3.63, 3.8) is 0 Å². The van der Waals surface area contributed by atoms with Crippen LogP contribution < -0.4 is 14.8 Å². The predicted molar refractivity (Wildman–Crippen MR) is 171 cm³/mol. The molecule has 244 valence electrons. The van der Waals surface area contributed by atoms with Crippen LogP contribution in [0.3, 0.4) is 0 Å². The average molecular weight is 643 g/mol. The van der Waals surface area contributed by atoms with Crippen molar-refractivity contribution in [2.75, 3.05) is 34.4 Å². The highest BCUT2D eigenvalue weighted by Gasteiger charge is 2.30. The van der Waals surface area contributed by atoms with Gasteiger partial charge in [0.2, 0.25) is 10.0 Å². The minimum absolute atomic E-state index is 0.0924. The van der Waals surface area contributed by atoms with Crippen molar-refractivity contribution < 1.29 is 37.3 Å². The van der Waals surface area contributed by atoms with Gasteiger partial charge in [0.25, 0.3) is 0 Å². The Morgan fingerprint density at radius 3 is 2.24 bits per heavy atom. The smallest absolute Gasteiger partial charge is 0.303 e. The van der Waals surface area contributed by atoms with E-state index in [2.05, 4.69) is 43.4 Å².